The lowest BCUT2D eigenvalue weighted by atomic mass is 10.00. The Balaban J connectivity index is 1.13. The van der Waals surface area contributed by atoms with E-state index in [-0.39, 0.29) is 0 Å². The molecule has 0 saturated heterocycles. The van der Waals surface area contributed by atoms with Crippen LogP contribution in [-0.4, -0.2) is 12.4 Å². The molecule has 0 spiro atoms. The van der Waals surface area contributed by atoms with E-state index in [0.29, 0.717) is 13.2 Å². The quantitative estimate of drug-likeness (QED) is 0.139. The van der Waals surface area contributed by atoms with E-state index in [4.69, 9.17) is 19.5 Å². The molecule has 0 aromatic heterocycles. The van der Waals surface area contributed by atoms with Gasteiger partial charge in [0.25, 0.3) is 0 Å². The van der Waals surface area contributed by atoms with Crippen molar-refractivity contribution in [3.05, 3.63) is 179 Å². The summed E-state index contributed by atoms with van der Waals surface area (Å²) in [5.74, 6) is 1.62. The average molecular weight is 601 g/mol. The second-order valence-corrected chi connectivity index (χ2v) is 11.1. The summed E-state index contributed by atoms with van der Waals surface area (Å²) in [7, 11) is 0. The minimum atomic E-state index is 0.513. The molecule has 4 nitrogen and oxygen atoms in total. The van der Waals surface area contributed by atoms with Crippen molar-refractivity contribution in [1.29, 1.82) is 0 Å². The Kier molecular flexibility index (Phi) is 9.76. The lowest BCUT2D eigenvalue weighted by Crippen LogP contribution is -1.98. The molecule has 0 saturated carbocycles. The van der Waals surface area contributed by atoms with Crippen LogP contribution in [0.3, 0.4) is 0 Å². The van der Waals surface area contributed by atoms with Crippen LogP contribution in [0.5, 0.6) is 11.5 Å². The number of rotatable bonds is 11. The fourth-order valence-corrected chi connectivity index (χ4v) is 5.15. The van der Waals surface area contributed by atoms with Crippen molar-refractivity contribution in [3.63, 3.8) is 0 Å². The molecular weight excluding hydrogens is 564 g/mol. The molecule has 0 amide bonds. The third-order valence-electron chi connectivity index (χ3n) is 7.72. The Bertz CT molecular complexity index is 1820. The Morgan fingerprint density at radius 2 is 0.848 bits per heavy atom. The smallest absolute Gasteiger partial charge is 0.128 e. The first-order valence-electron chi connectivity index (χ1n) is 15.4. The maximum absolute atomic E-state index is 6.11. The molecule has 6 rings (SSSR count). The fraction of sp³-hybridized carbons (Fsp3) is 0.0952. The Hall–Kier alpha value is -5.74. The second-order valence-electron chi connectivity index (χ2n) is 11.1. The van der Waals surface area contributed by atoms with Gasteiger partial charge in [-0.2, -0.15) is 0 Å². The third kappa shape index (κ3) is 7.85. The maximum atomic E-state index is 6.11. The highest BCUT2D eigenvalue weighted by molar-refractivity contribution is 5.87. The zero-order valence-electron chi connectivity index (χ0n) is 26.1. The Morgan fingerprint density at radius 3 is 1.26 bits per heavy atom. The summed E-state index contributed by atoms with van der Waals surface area (Å²) in [5, 5.41) is 0. The van der Waals surface area contributed by atoms with Gasteiger partial charge in [-0.05, 0) is 95.8 Å². The molecule has 4 heteroatoms. The van der Waals surface area contributed by atoms with Crippen LogP contribution in [0.4, 0.5) is 11.4 Å². The second kappa shape index (κ2) is 14.8. The summed E-state index contributed by atoms with van der Waals surface area (Å²) in [5.41, 5.74) is 10.5. The van der Waals surface area contributed by atoms with Crippen molar-refractivity contribution >= 4 is 23.8 Å². The predicted octanol–water partition coefficient (Wildman–Crippen LogP) is 10.6. The molecule has 0 aliphatic heterocycles. The molecule has 6 aromatic rings. The summed E-state index contributed by atoms with van der Waals surface area (Å²) in [6.45, 7) is 5.21. The summed E-state index contributed by atoms with van der Waals surface area (Å²) in [6.07, 6.45) is 3.76. The number of benzene rings is 6. The van der Waals surface area contributed by atoms with Crippen molar-refractivity contribution in [2.24, 2.45) is 9.98 Å². The van der Waals surface area contributed by atoms with Gasteiger partial charge >= 0.3 is 0 Å². The van der Waals surface area contributed by atoms with Crippen LogP contribution < -0.4 is 9.47 Å². The highest BCUT2D eigenvalue weighted by Gasteiger charge is 2.07. The average Bonchev–Trinajstić information content (AvgIpc) is 3.10. The highest BCUT2D eigenvalue weighted by Crippen LogP contribution is 2.31. The zero-order valence-corrected chi connectivity index (χ0v) is 26.1. The largest absolute Gasteiger partial charge is 0.488 e. The van der Waals surface area contributed by atoms with E-state index in [2.05, 4.69) is 74.5 Å². The van der Waals surface area contributed by atoms with Crippen LogP contribution in [0.2, 0.25) is 0 Å². The van der Waals surface area contributed by atoms with Gasteiger partial charge in [0.05, 0.1) is 11.4 Å². The molecule has 46 heavy (non-hydrogen) atoms. The van der Waals surface area contributed by atoms with Crippen LogP contribution >= 0.6 is 0 Å². The fourth-order valence-electron chi connectivity index (χ4n) is 5.15. The summed E-state index contributed by atoms with van der Waals surface area (Å²) in [4.78, 5) is 9.63. The maximum Gasteiger partial charge on any atom is 0.128 e. The summed E-state index contributed by atoms with van der Waals surface area (Å²) < 4.78 is 12.2. The first kappa shape index (κ1) is 30.3. The number of hydrogen-bond donors (Lipinski definition) is 0. The van der Waals surface area contributed by atoms with Gasteiger partial charge in [-0.15, -0.1) is 0 Å². The monoisotopic (exact) mass is 600 g/mol. The minimum Gasteiger partial charge on any atom is -0.488 e. The summed E-state index contributed by atoms with van der Waals surface area (Å²) >= 11 is 0. The predicted molar refractivity (Wildman–Crippen MR) is 190 cm³/mol. The van der Waals surface area contributed by atoms with Gasteiger partial charge in [0, 0.05) is 23.6 Å². The SMILES string of the molecule is Cc1cc(-c2ccc(N=Cc3ccccc3OCc3ccccc3)c(C)c2)ccc1N=Cc1ccccc1OCc1ccccc1. The molecule has 0 radical (unpaired) electrons. The topological polar surface area (TPSA) is 43.2 Å². The van der Waals surface area contributed by atoms with Gasteiger partial charge in [0.1, 0.15) is 24.7 Å². The molecule has 226 valence electrons. The number of para-hydroxylation sites is 2. The van der Waals surface area contributed by atoms with E-state index in [1.54, 1.807) is 0 Å². The molecule has 0 fully saturated rings. The standard InChI is InChI=1S/C42H36N2O2/c1-31-25-35(21-23-39(31)43-27-37-17-9-11-19-41(37)45-29-33-13-5-3-6-14-33)36-22-24-40(32(2)26-36)44-28-38-18-10-12-20-42(38)46-30-34-15-7-4-8-16-34/h3-28H,29-30H2,1-2H3. The molecule has 0 heterocycles. The molecule has 0 bridgehead atoms. The number of aryl methyl sites for hydroxylation is 2. The molecule has 0 aliphatic carbocycles. The minimum absolute atomic E-state index is 0.513. The van der Waals surface area contributed by atoms with E-state index in [1.165, 1.54) is 0 Å². The van der Waals surface area contributed by atoms with E-state index >= 15 is 0 Å². The van der Waals surface area contributed by atoms with Crippen LogP contribution in [0.25, 0.3) is 11.1 Å². The Morgan fingerprint density at radius 1 is 0.457 bits per heavy atom. The molecule has 0 unspecified atom stereocenters. The first-order valence-corrected chi connectivity index (χ1v) is 15.4. The molecule has 0 N–H and O–H groups in total. The lowest BCUT2D eigenvalue weighted by Gasteiger charge is -2.10. The van der Waals surface area contributed by atoms with Gasteiger partial charge in [0.2, 0.25) is 0 Å². The van der Waals surface area contributed by atoms with E-state index in [9.17, 15) is 0 Å². The van der Waals surface area contributed by atoms with Gasteiger partial charge in [0.15, 0.2) is 0 Å². The molecule has 0 atom stereocenters. The molecular formula is C42H36N2O2. The summed E-state index contributed by atoms with van der Waals surface area (Å²) in [6, 6.07) is 49.1. The molecule has 0 aliphatic rings. The van der Waals surface area contributed by atoms with Gasteiger partial charge in [-0.1, -0.05) is 97.1 Å². The lowest BCUT2D eigenvalue weighted by molar-refractivity contribution is 0.305. The van der Waals surface area contributed by atoms with Gasteiger partial charge < -0.3 is 9.47 Å². The first-order chi connectivity index (χ1) is 22.6. The normalized spacial score (nSPS) is 11.3. The van der Waals surface area contributed by atoms with Crippen LogP contribution in [0, 0.1) is 13.8 Å². The van der Waals surface area contributed by atoms with Crippen molar-refractivity contribution in [2.45, 2.75) is 27.1 Å². The van der Waals surface area contributed by atoms with Gasteiger partial charge in [-0.3, -0.25) is 9.98 Å². The molecule has 6 aromatic carbocycles. The zero-order chi connectivity index (χ0) is 31.6. The third-order valence-corrected chi connectivity index (χ3v) is 7.72. The van der Waals surface area contributed by atoms with E-state index in [1.807, 2.05) is 97.4 Å². The van der Waals surface area contributed by atoms with Crippen molar-refractivity contribution in [3.8, 4) is 22.6 Å². The van der Waals surface area contributed by atoms with E-state index in [0.717, 1.165) is 67.4 Å². The van der Waals surface area contributed by atoms with Crippen molar-refractivity contribution in [1.82, 2.24) is 0 Å². The van der Waals surface area contributed by atoms with Crippen molar-refractivity contribution < 1.29 is 9.47 Å². The highest BCUT2D eigenvalue weighted by atomic mass is 16.5. The number of ether oxygens (including phenoxy) is 2. The van der Waals surface area contributed by atoms with Crippen molar-refractivity contribution in [2.75, 3.05) is 0 Å². The number of aliphatic imine (C=N–C) groups is 2. The van der Waals surface area contributed by atoms with Crippen LogP contribution in [0.1, 0.15) is 33.4 Å². The van der Waals surface area contributed by atoms with Crippen LogP contribution in [-0.2, 0) is 13.2 Å². The number of hydrogen-bond acceptors (Lipinski definition) is 4. The van der Waals surface area contributed by atoms with Crippen LogP contribution in [0.15, 0.2) is 156 Å². The number of nitrogens with zero attached hydrogens (tertiary/aromatic N) is 2. The van der Waals surface area contributed by atoms with Gasteiger partial charge in [-0.25, -0.2) is 0 Å². The van der Waals surface area contributed by atoms with E-state index < -0.39 is 0 Å². The Labute approximate surface area is 271 Å².